The van der Waals surface area contributed by atoms with Gasteiger partial charge in [0.2, 0.25) is 0 Å². The molecule has 2 heterocycles. The van der Waals surface area contributed by atoms with Crippen molar-refractivity contribution in [2.24, 2.45) is 14.1 Å². The van der Waals surface area contributed by atoms with Crippen LogP contribution in [-0.4, -0.2) is 25.1 Å². The highest BCUT2D eigenvalue weighted by Gasteiger charge is 2.24. The third-order valence-electron chi connectivity index (χ3n) is 5.54. The number of halogens is 1. The monoisotopic (exact) mass is 424 g/mol. The van der Waals surface area contributed by atoms with E-state index in [4.69, 9.17) is 11.6 Å². The first-order chi connectivity index (χ1) is 14.1. The second kappa shape index (κ2) is 7.15. The van der Waals surface area contributed by atoms with E-state index in [1.165, 1.54) is 0 Å². The SMILES string of the molecule is CC(NC(=O)c1cc2ccc(Cl)cc2n1C)c1ccc2c(c1)nc(C(C)(C)O)n2C. The third kappa shape index (κ3) is 3.46. The molecule has 0 saturated heterocycles. The summed E-state index contributed by atoms with van der Waals surface area (Å²) in [6.45, 7) is 5.38. The van der Waals surface area contributed by atoms with Gasteiger partial charge in [-0.15, -0.1) is 0 Å². The maximum atomic E-state index is 12.9. The molecule has 1 atom stereocenters. The molecule has 0 spiro atoms. The van der Waals surface area contributed by atoms with Gasteiger partial charge in [0.15, 0.2) is 0 Å². The highest BCUT2D eigenvalue weighted by molar-refractivity contribution is 6.31. The lowest BCUT2D eigenvalue weighted by molar-refractivity contribution is 0.0663. The highest BCUT2D eigenvalue weighted by atomic mass is 35.5. The van der Waals surface area contributed by atoms with Crippen molar-refractivity contribution in [2.75, 3.05) is 0 Å². The van der Waals surface area contributed by atoms with E-state index in [0.29, 0.717) is 16.5 Å². The summed E-state index contributed by atoms with van der Waals surface area (Å²) in [5, 5.41) is 15.0. The quantitative estimate of drug-likeness (QED) is 0.508. The average molecular weight is 425 g/mol. The molecule has 0 aliphatic carbocycles. The minimum absolute atomic E-state index is 0.157. The molecule has 2 aromatic heterocycles. The molecule has 0 fully saturated rings. The van der Waals surface area contributed by atoms with Crippen LogP contribution in [0.15, 0.2) is 42.5 Å². The van der Waals surface area contributed by atoms with Gasteiger partial charge < -0.3 is 19.6 Å². The molecule has 4 aromatic rings. The van der Waals surface area contributed by atoms with Crippen LogP contribution < -0.4 is 5.32 Å². The van der Waals surface area contributed by atoms with Crippen molar-refractivity contribution in [3.8, 4) is 0 Å². The molecule has 6 nitrogen and oxygen atoms in total. The number of rotatable bonds is 4. The largest absolute Gasteiger partial charge is 0.383 e. The fourth-order valence-electron chi connectivity index (χ4n) is 3.91. The van der Waals surface area contributed by atoms with Crippen molar-refractivity contribution in [3.05, 3.63) is 64.6 Å². The number of hydrogen-bond acceptors (Lipinski definition) is 3. The van der Waals surface area contributed by atoms with Gasteiger partial charge in [0.05, 0.1) is 17.1 Å². The van der Waals surface area contributed by atoms with E-state index in [2.05, 4.69) is 10.3 Å². The Morgan fingerprint density at radius 2 is 1.83 bits per heavy atom. The number of amides is 1. The van der Waals surface area contributed by atoms with Crippen molar-refractivity contribution in [1.29, 1.82) is 0 Å². The van der Waals surface area contributed by atoms with E-state index in [0.717, 1.165) is 27.5 Å². The normalized spacial score (nSPS) is 13.2. The maximum absolute atomic E-state index is 12.9. The van der Waals surface area contributed by atoms with Crippen LogP contribution in [0.1, 0.15) is 48.7 Å². The van der Waals surface area contributed by atoms with E-state index >= 15 is 0 Å². The first kappa shape index (κ1) is 20.4. The van der Waals surface area contributed by atoms with E-state index in [9.17, 15) is 9.90 Å². The van der Waals surface area contributed by atoms with Crippen LogP contribution >= 0.6 is 11.6 Å². The lowest BCUT2D eigenvalue weighted by atomic mass is 10.1. The molecule has 30 heavy (non-hydrogen) atoms. The number of hydrogen-bond donors (Lipinski definition) is 2. The molecule has 1 amide bonds. The molecule has 2 aromatic carbocycles. The summed E-state index contributed by atoms with van der Waals surface area (Å²) in [6, 6.07) is 13.1. The predicted molar refractivity (Wildman–Crippen MR) is 120 cm³/mol. The molecule has 4 rings (SSSR count). The van der Waals surface area contributed by atoms with Gasteiger partial charge in [0.25, 0.3) is 5.91 Å². The van der Waals surface area contributed by atoms with E-state index in [1.54, 1.807) is 13.8 Å². The number of imidazole rings is 1. The molecule has 0 bridgehead atoms. The second-order valence-electron chi connectivity index (χ2n) is 8.29. The molecule has 1 unspecified atom stereocenters. The van der Waals surface area contributed by atoms with Crippen molar-refractivity contribution >= 4 is 39.4 Å². The third-order valence-corrected chi connectivity index (χ3v) is 5.77. The number of fused-ring (bicyclic) bond motifs is 2. The zero-order valence-electron chi connectivity index (χ0n) is 17.7. The number of benzene rings is 2. The summed E-state index contributed by atoms with van der Waals surface area (Å²) in [7, 11) is 3.75. The number of aliphatic hydroxyl groups is 1. The zero-order chi connectivity index (χ0) is 21.8. The summed E-state index contributed by atoms with van der Waals surface area (Å²) in [5.74, 6) is 0.441. The van der Waals surface area contributed by atoms with Gasteiger partial charge in [-0.05, 0) is 56.7 Å². The molecule has 0 radical (unpaired) electrons. The van der Waals surface area contributed by atoms with Crippen LogP contribution in [0.4, 0.5) is 0 Å². The van der Waals surface area contributed by atoms with Gasteiger partial charge in [-0.3, -0.25) is 4.79 Å². The van der Waals surface area contributed by atoms with E-state index in [1.807, 2.05) is 72.6 Å². The second-order valence-corrected chi connectivity index (χ2v) is 8.72. The molecule has 156 valence electrons. The topological polar surface area (TPSA) is 72.1 Å². The summed E-state index contributed by atoms with van der Waals surface area (Å²) >= 11 is 6.10. The average Bonchev–Trinajstić information content (AvgIpc) is 3.19. The van der Waals surface area contributed by atoms with Gasteiger partial charge in [0, 0.05) is 30.0 Å². The predicted octanol–water partition coefficient (Wildman–Crippen LogP) is 4.44. The van der Waals surface area contributed by atoms with E-state index < -0.39 is 5.60 Å². The lowest BCUT2D eigenvalue weighted by Crippen LogP contribution is -2.28. The summed E-state index contributed by atoms with van der Waals surface area (Å²) in [4.78, 5) is 17.5. The number of nitrogens with zero attached hydrogens (tertiary/aromatic N) is 3. The Balaban J connectivity index is 1.62. The van der Waals surface area contributed by atoms with Crippen LogP contribution in [0.3, 0.4) is 0 Å². The Morgan fingerprint density at radius 3 is 2.53 bits per heavy atom. The van der Waals surface area contributed by atoms with Crippen LogP contribution in [0, 0.1) is 0 Å². The first-order valence-corrected chi connectivity index (χ1v) is 10.2. The first-order valence-electron chi connectivity index (χ1n) is 9.81. The van der Waals surface area contributed by atoms with Gasteiger partial charge in [-0.1, -0.05) is 23.7 Å². The zero-order valence-corrected chi connectivity index (χ0v) is 18.4. The minimum Gasteiger partial charge on any atom is -0.383 e. The molecule has 2 N–H and O–H groups in total. The number of aromatic nitrogens is 3. The lowest BCUT2D eigenvalue weighted by Gasteiger charge is -2.16. The summed E-state index contributed by atoms with van der Waals surface area (Å²) in [5.41, 5.74) is 3.10. The Kier molecular flexibility index (Phi) is 4.87. The van der Waals surface area contributed by atoms with Crippen LogP contribution in [0.25, 0.3) is 21.9 Å². The Bertz CT molecular complexity index is 1280. The molecule has 7 heteroatoms. The minimum atomic E-state index is -1.04. The van der Waals surface area contributed by atoms with Gasteiger partial charge >= 0.3 is 0 Å². The van der Waals surface area contributed by atoms with Crippen molar-refractivity contribution in [2.45, 2.75) is 32.4 Å². The number of carbonyl (C=O) groups excluding carboxylic acids is 1. The smallest absolute Gasteiger partial charge is 0.268 e. The van der Waals surface area contributed by atoms with Crippen LogP contribution in [0.2, 0.25) is 5.02 Å². The molecular formula is C23H25ClN4O2. The van der Waals surface area contributed by atoms with Crippen LogP contribution in [-0.2, 0) is 19.7 Å². The highest BCUT2D eigenvalue weighted by Crippen LogP contribution is 2.27. The maximum Gasteiger partial charge on any atom is 0.268 e. The van der Waals surface area contributed by atoms with Crippen molar-refractivity contribution in [1.82, 2.24) is 19.4 Å². The van der Waals surface area contributed by atoms with Gasteiger partial charge in [-0.25, -0.2) is 4.98 Å². The Morgan fingerprint density at radius 1 is 1.10 bits per heavy atom. The molecule has 0 aliphatic rings. The Hall–Kier alpha value is -2.83. The number of carbonyl (C=O) groups is 1. The van der Waals surface area contributed by atoms with Gasteiger partial charge in [-0.2, -0.15) is 0 Å². The van der Waals surface area contributed by atoms with Crippen molar-refractivity contribution < 1.29 is 9.90 Å². The van der Waals surface area contributed by atoms with E-state index in [-0.39, 0.29) is 11.9 Å². The van der Waals surface area contributed by atoms with Gasteiger partial charge in [0.1, 0.15) is 17.1 Å². The summed E-state index contributed by atoms with van der Waals surface area (Å²) in [6.07, 6.45) is 0. The van der Waals surface area contributed by atoms with Crippen LogP contribution in [0.5, 0.6) is 0 Å². The van der Waals surface area contributed by atoms with Crippen molar-refractivity contribution in [3.63, 3.8) is 0 Å². The fourth-order valence-corrected chi connectivity index (χ4v) is 4.07. The fraction of sp³-hybridized carbons (Fsp3) is 0.304. The molecular weight excluding hydrogens is 400 g/mol. The Labute approximate surface area is 180 Å². The standard InChI is InChI=1S/C23H25ClN4O2/c1-13(14-7-9-18-17(10-14)26-22(28(18)5)23(2,3)30)25-21(29)20-11-15-6-8-16(24)12-19(15)27(20)4/h6-13,30H,1-5H3,(H,25,29). The molecule has 0 aliphatic heterocycles. The number of aryl methyl sites for hydroxylation is 2. The molecule has 0 saturated carbocycles. The summed E-state index contributed by atoms with van der Waals surface area (Å²) < 4.78 is 3.74. The number of nitrogens with one attached hydrogen (secondary N) is 1.